The Bertz CT molecular complexity index is 769. The summed E-state index contributed by atoms with van der Waals surface area (Å²) < 4.78 is 40.7. The lowest BCUT2D eigenvalue weighted by Crippen LogP contribution is -2.41. The minimum Gasteiger partial charge on any atom is -0.317 e. The number of halogens is 3. The van der Waals surface area contributed by atoms with Crippen molar-refractivity contribution in [1.29, 1.82) is 0 Å². The molecule has 10 heteroatoms. The fourth-order valence-electron chi connectivity index (χ4n) is 2.26. The molecular formula is C13H10F3N5O2. The highest BCUT2D eigenvalue weighted by Gasteiger charge is 2.25. The summed E-state index contributed by atoms with van der Waals surface area (Å²) in [6.07, 6.45) is 0.533. The molecule has 0 saturated heterocycles. The Morgan fingerprint density at radius 3 is 2.57 bits per heavy atom. The zero-order valence-electron chi connectivity index (χ0n) is 11.6. The second-order valence-electron chi connectivity index (χ2n) is 4.87. The fourth-order valence-corrected chi connectivity index (χ4v) is 2.26. The molecule has 0 saturated carbocycles. The van der Waals surface area contributed by atoms with Crippen molar-refractivity contribution in [1.82, 2.24) is 19.9 Å². The van der Waals surface area contributed by atoms with E-state index in [2.05, 4.69) is 15.6 Å². The Labute approximate surface area is 127 Å². The standard InChI is InChI=1S/C13H10F3N5O2/c14-8-3-7(4-9(15)12(8)16)17-13(23)20-1-2-21-11(5-20)10(6-22)18-19-21/h3-4,6H,1-2,5H2,(H,17,23). The van der Waals surface area contributed by atoms with E-state index in [1.165, 1.54) is 9.58 Å². The molecule has 3 rings (SSSR count). The predicted octanol–water partition coefficient (Wildman–Crippen LogP) is 1.56. The van der Waals surface area contributed by atoms with Crippen LogP contribution in [-0.2, 0) is 13.1 Å². The predicted molar refractivity (Wildman–Crippen MR) is 71.2 cm³/mol. The molecule has 0 bridgehead atoms. The third-order valence-electron chi connectivity index (χ3n) is 3.42. The van der Waals surface area contributed by atoms with Gasteiger partial charge >= 0.3 is 6.03 Å². The second kappa shape index (κ2) is 5.71. The number of benzene rings is 1. The molecule has 1 aliphatic rings. The van der Waals surface area contributed by atoms with Gasteiger partial charge in [-0.25, -0.2) is 22.6 Å². The molecule has 0 atom stereocenters. The first-order valence-corrected chi connectivity index (χ1v) is 6.57. The molecule has 0 fully saturated rings. The van der Waals surface area contributed by atoms with Crippen LogP contribution in [0.5, 0.6) is 0 Å². The summed E-state index contributed by atoms with van der Waals surface area (Å²) in [7, 11) is 0. The average molecular weight is 325 g/mol. The van der Waals surface area contributed by atoms with E-state index in [1.54, 1.807) is 0 Å². The van der Waals surface area contributed by atoms with Gasteiger partial charge in [0.25, 0.3) is 0 Å². The maximum Gasteiger partial charge on any atom is 0.322 e. The van der Waals surface area contributed by atoms with E-state index in [-0.39, 0.29) is 24.5 Å². The summed E-state index contributed by atoms with van der Waals surface area (Å²) in [6, 6.07) is 0.728. The van der Waals surface area contributed by atoms with Gasteiger partial charge in [-0.15, -0.1) is 5.10 Å². The van der Waals surface area contributed by atoms with E-state index in [0.717, 1.165) is 0 Å². The van der Waals surface area contributed by atoms with Crippen LogP contribution in [0, 0.1) is 17.5 Å². The summed E-state index contributed by atoms with van der Waals surface area (Å²) >= 11 is 0. The van der Waals surface area contributed by atoms with E-state index in [9.17, 15) is 22.8 Å². The Morgan fingerprint density at radius 2 is 1.91 bits per heavy atom. The van der Waals surface area contributed by atoms with Gasteiger partial charge in [-0.05, 0) is 0 Å². The number of amides is 2. The number of fused-ring (bicyclic) bond motifs is 1. The molecule has 2 aromatic rings. The van der Waals surface area contributed by atoms with Gasteiger partial charge in [0.05, 0.1) is 18.8 Å². The summed E-state index contributed by atoms with van der Waals surface area (Å²) in [5, 5.41) is 9.73. The number of rotatable bonds is 2. The van der Waals surface area contributed by atoms with Crippen molar-refractivity contribution in [2.75, 3.05) is 11.9 Å². The lowest BCUT2D eigenvalue weighted by Gasteiger charge is -2.27. The third-order valence-corrected chi connectivity index (χ3v) is 3.42. The van der Waals surface area contributed by atoms with Crippen LogP contribution < -0.4 is 5.32 Å². The number of hydrogen-bond acceptors (Lipinski definition) is 4. The summed E-state index contributed by atoms with van der Waals surface area (Å²) in [5.41, 5.74) is 0.387. The van der Waals surface area contributed by atoms with Crippen LogP contribution in [0.2, 0.25) is 0 Å². The molecule has 23 heavy (non-hydrogen) atoms. The fraction of sp³-hybridized carbons (Fsp3) is 0.231. The van der Waals surface area contributed by atoms with Crippen LogP contribution >= 0.6 is 0 Å². The smallest absolute Gasteiger partial charge is 0.317 e. The number of hydrogen-bond donors (Lipinski definition) is 1. The van der Waals surface area contributed by atoms with Gasteiger partial charge in [0.2, 0.25) is 0 Å². The quantitative estimate of drug-likeness (QED) is 0.671. The number of nitrogens with zero attached hydrogens (tertiary/aromatic N) is 4. The molecule has 120 valence electrons. The van der Waals surface area contributed by atoms with Crippen molar-refractivity contribution >= 4 is 18.0 Å². The van der Waals surface area contributed by atoms with Crippen LogP contribution in [0.1, 0.15) is 16.2 Å². The number of aldehydes is 1. The number of anilines is 1. The van der Waals surface area contributed by atoms with E-state index in [1.807, 2.05) is 0 Å². The molecule has 1 N–H and O–H groups in total. The summed E-state index contributed by atoms with van der Waals surface area (Å²) in [4.78, 5) is 24.3. The van der Waals surface area contributed by atoms with Gasteiger partial charge in [0, 0.05) is 24.4 Å². The van der Waals surface area contributed by atoms with Gasteiger partial charge in [-0.2, -0.15) is 0 Å². The third kappa shape index (κ3) is 2.74. The first-order valence-electron chi connectivity index (χ1n) is 6.57. The molecular weight excluding hydrogens is 315 g/mol. The van der Waals surface area contributed by atoms with Crippen molar-refractivity contribution in [3.05, 3.63) is 41.0 Å². The van der Waals surface area contributed by atoms with E-state index >= 15 is 0 Å². The zero-order valence-corrected chi connectivity index (χ0v) is 11.6. The van der Waals surface area contributed by atoms with Crippen LogP contribution in [-0.4, -0.2) is 38.8 Å². The van der Waals surface area contributed by atoms with Crippen LogP contribution in [0.15, 0.2) is 12.1 Å². The molecule has 7 nitrogen and oxygen atoms in total. The molecule has 1 aromatic carbocycles. The molecule has 0 radical (unpaired) electrons. The maximum absolute atomic E-state index is 13.1. The Morgan fingerprint density at radius 1 is 1.22 bits per heavy atom. The van der Waals surface area contributed by atoms with Crippen LogP contribution in [0.4, 0.5) is 23.7 Å². The molecule has 1 aromatic heterocycles. The highest BCUT2D eigenvalue weighted by atomic mass is 19.2. The lowest BCUT2D eigenvalue weighted by molar-refractivity contribution is 0.111. The molecule has 2 heterocycles. The Balaban J connectivity index is 1.76. The molecule has 0 aliphatic carbocycles. The average Bonchev–Trinajstić information content (AvgIpc) is 2.94. The van der Waals surface area contributed by atoms with Crippen LogP contribution in [0.25, 0.3) is 0 Å². The first-order chi connectivity index (χ1) is 11.0. The highest BCUT2D eigenvalue weighted by Crippen LogP contribution is 2.19. The Hall–Kier alpha value is -2.91. The van der Waals surface area contributed by atoms with Gasteiger partial charge in [-0.3, -0.25) is 4.79 Å². The van der Waals surface area contributed by atoms with Gasteiger partial charge < -0.3 is 10.2 Å². The minimum absolute atomic E-state index is 0.0685. The van der Waals surface area contributed by atoms with Crippen molar-refractivity contribution in [2.24, 2.45) is 0 Å². The normalized spacial score (nSPS) is 13.6. The number of nitrogens with one attached hydrogen (secondary N) is 1. The molecule has 0 unspecified atom stereocenters. The maximum atomic E-state index is 13.1. The number of aromatic nitrogens is 3. The second-order valence-corrected chi connectivity index (χ2v) is 4.87. The van der Waals surface area contributed by atoms with Gasteiger partial charge in [0.1, 0.15) is 0 Å². The van der Waals surface area contributed by atoms with Crippen molar-refractivity contribution in [2.45, 2.75) is 13.1 Å². The SMILES string of the molecule is O=Cc1nnn2c1CN(C(=O)Nc1cc(F)c(F)c(F)c1)CC2. The van der Waals surface area contributed by atoms with Gasteiger partial charge in [-0.1, -0.05) is 5.21 Å². The number of urea groups is 1. The summed E-state index contributed by atoms with van der Waals surface area (Å²) in [6.45, 7) is 0.668. The number of carbonyl (C=O) groups is 2. The zero-order chi connectivity index (χ0) is 16.6. The molecule has 0 spiro atoms. The van der Waals surface area contributed by atoms with Crippen molar-refractivity contribution in [3.8, 4) is 0 Å². The van der Waals surface area contributed by atoms with Crippen LogP contribution in [0.3, 0.4) is 0 Å². The van der Waals surface area contributed by atoms with Crippen molar-refractivity contribution in [3.63, 3.8) is 0 Å². The monoisotopic (exact) mass is 325 g/mol. The van der Waals surface area contributed by atoms with E-state index in [0.29, 0.717) is 30.7 Å². The molecule has 1 aliphatic heterocycles. The van der Waals surface area contributed by atoms with E-state index in [4.69, 9.17) is 0 Å². The first kappa shape index (κ1) is 15.0. The van der Waals surface area contributed by atoms with E-state index < -0.39 is 23.5 Å². The topological polar surface area (TPSA) is 80.1 Å². The van der Waals surface area contributed by atoms with Crippen molar-refractivity contribution < 1.29 is 22.8 Å². The highest BCUT2D eigenvalue weighted by molar-refractivity contribution is 5.89. The van der Waals surface area contributed by atoms with Gasteiger partial charge in [0.15, 0.2) is 29.4 Å². The largest absolute Gasteiger partial charge is 0.322 e. The Kier molecular flexibility index (Phi) is 3.72. The summed E-state index contributed by atoms with van der Waals surface area (Å²) in [5.74, 6) is -4.40. The lowest BCUT2D eigenvalue weighted by atomic mass is 10.2. The minimum atomic E-state index is -1.61. The number of carbonyl (C=O) groups excluding carboxylic acids is 2. The molecule has 2 amide bonds.